The van der Waals surface area contributed by atoms with Crippen molar-refractivity contribution in [2.24, 2.45) is 0 Å². The summed E-state index contributed by atoms with van der Waals surface area (Å²) in [5, 5.41) is 15.5. The molecule has 3 N–H and O–H groups in total. The number of hydrogen-bond acceptors (Lipinski definition) is 7. The minimum absolute atomic E-state index is 0.0141. The fraction of sp³-hybridized carbons (Fsp3) is 0.296. The molecule has 1 aliphatic carbocycles. The number of benzene rings is 2. The van der Waals surface area contributed by atoms with Crippen LogP contribution in [-0.2, 0) is 0 Å². The number of hydrogen-bond donors (Lipinski definition) is 3. The van der Waals surface area contributed by atoms with Gasteiger partial charge in [-0.1, -0.05) is 6.07 Å². The number of phenols is 1. The Morgan fingerprint density at radius 1 is 1.00 bits per heavy atom. The van der Waals surface area contributed by atoms with Crippen LogP contribution in [0, 0.1) is 5.82 Å². The number of nitrogens with one attached hydrogen (secondary N) is 2. The number of phenolic OH excluding ortho intramolecular Hbond substituents is 1. The fourth-order valence-corrected chi connectivity index (χ4v) is 4.67. The molecule has 0 saturated heterocycles. The first-order valence-electron chi connectivity index (χ1n) is 11.8. The van der Waals surface area contributed by atoms with E-state index in [2.05, 4.69) is 15.6 Å². The van der Waals surface area contributed by atoms with Crippen LogP contribution >= 0.6 is 11.8 Å². The van der Waals surface area contributed by atoms with E-state index < -0.39 is 11.7 Å². The van der Waals surface area contributed by atoms with Crippen molar-refractivity contribution in [3.63, 3.8) is 0 Å². The predicted molar refractivity (Wildman–Crippen MR) is 138 cm³/mol. The van der Waals surface area contributed by atoms with Crippen molar-refractivity contribution >= 4 is 23.6 Å². The molecule has 0 radical (unpaired) electrons. The molecule has 10 heteroatoms. The van der Waals surface area contributed by atoms with Crippen LogP contribution in [0.4, 0.5) is 4.39 Å². The summed E-state index contributed by atoms with van der Waals surface area (Å²) in [5.74, 6) is -0.554. The van der Waals surface area contributed by atoms with Gasteiger partial charge in [-0.05, 0) is 68.3 Å². The van der Waals surface area contributed by atoms with E-state index in [4.69, 9.17) is 9.47 Å². The molecule has 1 fully saturated rings. The lowest BCUT2D eigenvalue weighted by atomic mass is 9.90. The molecule has 1 saturated carbocycles. The zero-order chi connectivity index (χ0) is 26.4. The van der Waals surface area contributed by atoms with Gasteiger partial charge in [0.25, 0.3) is 11.8 Å². The van der Waals surface area contributed by atoms with Crippen LogP contribution in [0.2, 0.25) is 0 Å². The Hall–Kier alpha value is -3.79. The van der Waals surface area contributed by atoms with Crippen LogP contribution in [0.25, 0.3) is 0 Å². The first-order chi connectivity index (χ1) is 17.9. The van der Waals surface area contributed by atoms with E-state index in [1.54, 1.807) is 17.8 Å². The second-order valence-electron chi connectivity index (χ2n) is 8.67. The van der Waals surface area contributed by atoms with E-state index in [9.17, 15) is 19.1 Å². The maximum Gasteiger partial charge on any atom is 0.257 e. The molecule has 0 atom stereocenters. The number of nitrogens with zero attached hydrogens (tertiary/aromatic N) is 1. The first-order valence-corrected chi connectivity index (χ1v) is 13.0. The van der Waals surface area contributed by atoms with Crippen LogP contribution in [0.1, 0.15) is 46.4 Å². The third kappa shape index (κ3) is 6.71. The monoisotopic (exact) mass is 525 g/mol. The average molecular weight is 526 g/mol. The van der Waals surface area contributed by atoms with E-state index in [0.717, 1.165) is 17.2 Å². The number of rotatable bonds is 8. The second-order valence-corrected chi connectivity index (χ2v) is 9.55. The zero-order valence-corrected chi connectivity index (χ0v) is 21.3. The van der Waals surface area contributed by atoms with Crippen LogP contribution in [-0.4, -0.2) is 47.4 Å². The molecule has 0 unspecified atom stereocenters. The molecule has 1 aromatic heterocycles. The van der Waals surface area contributed by atoms with Gasteiger partial charge >= 0.3 is 0 Å². The minimum Gasteiger partial charge on any atom is -0.508 e. The summed E-state index contributed by atoms with van der Waals surface area (Å²) in [5.41, 5.74) is 0.356. The molecule has 4 rings (SSSR count). The number of carbonyl (C=O) groups is 2. The molecule has 37 heavy (non-hydrogen) atoms. The van der Waals surface area contributed by atoms with E-state index in [0.29, 0.717) is 42.7 Å². The number of thioether (sulfide) groups is 1. The summed E-state index contributed by atoms with van der Waals surface area (Å²) in [7, 11) is 1.44. The maximum atomic E-state index is 14.0. The summed E-state index contributed by atoms with van der Waals surface area (Å²) in [4.78, 5) is 30.7. The molecule has 3 aromatic rings. The molecular weight excluding hydrogens is 497 g/mol. The van der Waals surface area contributed by atoms with E-state index in [1.165, 1.54) is 25.3 Å². The van der Waals surface area contributed by atoms with E-state index in [1.807, 2.05) is 24.5 Å². The standard InChI is InChI=1S/C27H28FN3O5S/c1-35-24-13-19(32)10-11-22(24)25(33)30-17-6-8-18(9-7-17)31-26(34)23-12-16(28)15-29-27(23)36-20-4-3-5-21(14-20)37-2/h3-5,10-15,17-18,32H,6-9H2,1-2H3,(H,30,33)(H,31,34). The number of aromatic hydroxyl groups is 1. The lowest BCUT2D eigenvalue weighted by Gasteiger charge is -2.30. The van der Waals surface area contributed by atoms with Gasteiger partial charge in [0, 0.05) is 23.0 Å². The van der Waals surface area contributed by atoms with Gasteiger partial charge in [0.05, 0.1) is 18.9 Å². The molecule has 2 aromatic carbocycles. The topological polar surface area (TPSA) is 110 Å². The smallest absolute Gasteiger partial charge is 0.257 e. The molecular formula is C27H28FN3O5S. The molecule has 1 aliphatic rings. The summed E-state index contributed by atoms with van der Waals surface area (Å²) in [6.07, 6.45) is 5.54. The quantitative estimate of drug-likeness (QED) is 0.358. The Bertz CT molecular complexity index is 1280. The fourth-order valence-electron chi connectivity index (χ4n) is 4.22. The van der Waals surface area contributed by atoms with Crippen molar-refractivity contribution in [3.8, 4) is 23.1 Å². The first kappa shape index (κ1) is 26.3. The number of aromatic nitrogens is 1. The van der Waals surface area contributed by atoms with Crippen LogP contribution in [0.5, 0.6) is 23.1 Å². The highest BCUT2D eigenvalue weighted by Gasteiger charge is 2.26. The zero-order valence-electron chi connectivity index (χ0n) is 20.5. The Morgan fingerprint density at radius 3 is 2.32 bits per heavy atom. The van der Waals surface area contributed by atoms with Crippen molar-refractivity contribution in [1.82, 2.24) is 15.6 Å². The average Bonchev–Trinajstić information content (AvgIpc) is 2.90. The normalized spacial score (nSPS) is 17.1. The molecule has 2 amide bonds. The predicted octanol–water partition coefficient (Wildman–Crippen LogP) is 4.92. The summed E-state index contributed by atoms with van der Waals surface area (Å²) < 4.78 is 25.0. The number of halogens is 1. The highest BCUT2D eigenvalue weighted by molar-refractivity contribution is 7.98. The van der Waals surface area contributed by atoms with Gasteiger partial charge in [0.15, 0.2) is 0 Å². The lowest BCUT2D eigenvalue weighted by molar-refractivity contribution is 0.0888. The number of amides is 2. The van der Waals surface area contributed by atoms with E-state index in [-0.39, 0.29) is 35.2 Å². The third-order valence-corrected chi connectivity index (χ3v) is 6.87. The molecule has 0 spiro atoms. The molecule has 0 aliphatic heterocycles. The van der Waals surface area contributed by atoms with E-state index >= 15 is 0 Å². The summed E-state index contributed by atoms with van der Waals surface area (Å²) >= 11 is 1.55. The van der Waals surface area contributed by atoms with Gasteiger partial charge in [-0.25, -0.2) is 9.37 Å². The van der Waals surface area contributed by atoms with Gasteiger partial charge in [0.2, 0.25) is 5.88 Å². The van der Waals surface area contributed by atoms with Crippen LogP contribution < -0.4 is 20.1 Å². The maximum absolute atomic E-state index is 14.0. The molecule has 0 bridgehead atoms. The Morgan fingerprint density at radius 2 is 1.68 bits per heavy atom. The molecule has 8 nitrogen and oxygen atoms in total. The third-order valence-electron chi connectivity index (χ3n) is 6.15. The van der Waals surface area contributed by atoms with Gasteiger partial charge in [-0.3, -0.25) is 9.59 Å². The number of carbonyl (C=O) groups excluding carboxylic acids is 2. The SMILES string of the molecule is COc1cc(O)ccc1C(=O)NC1CCC(NC(=O)c2cc(F)cnc2Oc2cccc(SC)c2)CC1. The van der Waals surface area contributed by atoms with Gasteiger partial charge in [-0.15, -0.1) is 11.8 Å². The number of pyridine rings is 1. The summed E-state index contributed by atoms with van der Waals surface area (Å²) in [6.45, 7) is 0. The van der Waals surface area contributed by atoms with Gasteiger partial charge < -0.3 is 25.2 Å². The number of ether oxygens (including phenoxy) is 2. The highest BCUT2D eigenvalue weighted by Crippen LogP contribution is 2.28. The van der Waals surface area contributed by atoms with Crippen LogP contribution in [0.15, 0.2) is 59.6 Å². The van der Waals surface area contributed by atoms with Gasteiger partial charge in [-0.2, -0.15) is 0 Å². The largest absolute Gasteiger partial charge is 0.508 e. The van der Waals surface area contributed by atoms with Crippen molar-refractivity contribution in [2.75, 3.05) is 13.4 Å². The molecule has 1 heterocycles. The van der Waals surface area contributed by atoms with Crippen molar-refractivity contribution < 1.29 is 28.6 Å². The Labute approximate surface area is 218 Å². The second kappa shape index (κ2) is 12.0. The van der Waals surface area contributed by atoms with Crippen LogP contribution in [0.3, 0.4) is 0 Å². The Balaban J connectivity index is 1.36. The van der Waals surface area contributed by atoms with Crippen molar-refractivity contribution in [1.29, 1.82) is 0 Å². The number of methoxy groups -OCH3 is 1. The molecule has 194 valence electrons. The minimum atomic E-state index is -0.633. The van der Waals surface area contributed by atoms with Gasteiger partial charge in [0.1, 0.15) is 28.6 Å². The lowest BCUT2D eigenvalue weighted by Crippen LogP contribution is -2.44. The van der Waals surface area contributed by atoms with Crippen molar-refractivity contribution in [3.05, 3.63) is 71.7 Å². The van der Waals surface area contributed by atoms with Crippen molar-refractivity contribution in [2.45, 2.75) is 42.7 Å². The highest BCUT2D eigenvalue weighted by atomic mass is 32.2. The Kier molecular flexibility index (Phi) is 8.50. The summed E-state index contributed by atoms with van der Waals surface area (Å²) in [6, 6.07) is 12.6.